The minimum atomic E-state index is -5.28. The molecule has 1 heterocycles. The van der Waals surface area contributed by atoms with Gasteiger partial charge in [-0.2, -0.15) is 13.2 Å². The molecular weight excluding hydrogens is 496 g/mol. The average Bonchev–Trinajstić information content (AvgIpc) is 2.74. The first kappa shape index (κ1) is 25.3. The summed E-state index contributed by atoms with van der Waals surface area (Å²) in [5, 5.41) is 2.80. The average molecular weight is 513 g/mol. The lowest BCUT2D eigenvalue weighted by molar-refractivity contribution is -0.189. The van der Waals surface area contributed by atoms with Crippen LogP contribution in [-0.4, -0.2) is 23.0 Å². The molecule has 0 atom stereocenters. The molecule has 3 aromatic rings. The molecule has 1 aromatic heterocycles. The van der Waals surface area contributed by atoms with Crippen LogP contribution in [0.3, 0.4) is 0 Å². The Balaban J connectivity index is 1.96. The van der Waals surface area contributed by atoms with E-state index < -0.39 is 23.8 Å². The minimum absolute atomic E-state index is 0.00493. The molecule has 2 aromatic carbocycles. The number of anilines is 1. The summed E-state index contributed by atoms with van der Waals surface area (Å²) in [6, 6.07) is 11.9. The van der Waals surface area contributed by atoms with Gasteiger partial charge in [-0.15, -0.1) is 0 Å². The predicted molar refractivity (Wildman–Crippen MR) is 121 cm³/mol. The highest BCUT2D eigenvalue weighted by Crippen LogP contribution is 2.34. The Kier molecular flexibility index (Phi) is 7.68. The van der Waals surface area contributed by atoms with Crippen molar-refractivity contribution in [2.75, 3.05) is 5.32 Å². The first-order valence-corrected chi connectivity index (χ1v) is 10.5. The van der Waals surface area contributed by atoms with Crippen LogP contribution in [0.2, 0.25) is 10.0 Å². The number of para-hydroxylation sites is 1. The number of pyridine rings is 1. The first-order chi connectivity index (χ1) is 16.0. The van der Waals surface area contributed by atoms with Crippen molar-refractivity contribution >= 4 is 40.9 Å². The number of nitrogens with zero attached hydrogens (tertiary/aromatic N) is 1. The summed E-state index contributed by atoms with van der Waals surface area (Å²) < 4.78 is 49.0. The predicted octanol–water partition coefficient (Wildman–Crippen LogP) is 6.30. The number of benzene rings is 2. The van der Waals surface area contributed by atoms with Crippen molar-refractivity contribution in [3.05, 3.63) is 81.0 Å². The fraction of sp³-hybridized carbons (Fsp3) is 0.174. The molecule has 1 amide bonds. The van der Waals surface area contributed by atoms with Crippen molar-refractivity contribution in [3.8, 4) is 11.5 Å². The molecule has 0 saturated heterocycles. The molecule has 11 heteroatoms. The molecule has 34 heavy (non-hydrogen) atoms. The summed E-state index contributed by atoms with van der Waals surface area (Å²) in [6.45, 7) is 3.14. The molecule has 0 aliphatic carbocycles. The lowest BCUT2D eigenvalue weighted by atomic mass is 10.1. The van der Waals surface area contributed by atoms with E-state index in [0.717, 1.165) is 5.56 Å². The second kappa shape index (κ2) is 10.3. The van der Waals surface area contributed by atoms with Gasteiger partial charge in [-0.25, -0.2) is 9.78 Å². The number of halogens is 5. The Morgan fingerprint density at radius 1 is 1.06 bits per heavy atom. The van der Waals surface area contributed by atoms with Crippen molar-refractivity contribution < 1.29 is 32.2 Å². The number of carbonyl (C=O) groups excluding carboxylic acids is 2. The van der Waals surface area contributed by atoms with Crippen LogP contribution in [0.4, 0.5) is 19.0 Å². The monoisotopic (exact) mass is 512 g/mol. The van der Waals surface area contributed by atoms with Crippen molar-refractivity contribution in [2.24, 2.45) is 0 Å². The molecule has 0 aliphatic heterocycles. The van der Waals surface area contributed by atoms with E-state index in [2.05, 4.69) is 15.0 Å². The highest BCUT2D eigenvalue weighted by molar-refractivity contribution is 6.42. The van der Waals surface area contributed by atoms with Crippen molar-refractivity contribution in [2.45, 2.75) is 26.6 Å². The first-order valence-electron chi connectivity index (χ1n) is 9.70. The molecule has 1 N–H and O–H groups in total. The van der Waals surface area contributed by atoms with Gasteiger partial charge in [0, 0.05) is 11.3 Å². The largest absolute Gasteiger partial charge is 0.491 e. The second-order valence-corrected chi connectivity index (χ2v) is 7.93. The molecule has 6 nitrogen and oxygen atoms in total. The van der Waals surface area contributed by atoms with Gasteiger partial charge in [0.2, 0.25) is 0 Å². The summed E-state index contributed by atoms with van der Waals surface area (Å²) >= 11 is 12.0. The zero-order valence-corrected chi connectivity index (χ0v) is 19.3. The van der Waals surface area contributed by atoms with Gasteiger partial charge < -0.3 is 14.8 Å². The van der Waals surface area contributed by atoms with E-state index in [1.165, 1.54) is 30.3 Å². The number of amides is 1. The SMILES string of the molecule is Cc1cc(C)nc(NC(=O)c2cccc(COc3cccc(Cl)c3Cl)c2OC(=O)C(F)(F)F)c1. The van der Waals surface area contributed by atoms with E-state index in [1.54, 1.807) is 32.0 Å². The molecule has 0 radical (unpaired) electrons. The van der Waals surface area contributed by atoms with E-state index in [1.807, 2.05) is 0 Å². The number of aromatic nitrogens is 1. The van der Waals surface area contributed by atoms with E-state index in [4.69, 9.17) is 27.9 Å². The Hall–Kier alpha value is -3.30. The number of alkyl halides is 3. The second-order valence-electron chi connectivity index (χ2n) is 7.15. The van der Waals surface area contributed by atoms with Gasteiger partial charge in [-0.05, 0) is 49.7 Å². The maximum absolute atomic E-state index is 12.9. The van der Waals surface area contributed by atoms with E-state index >= 15 is 0 Å². The zero-order chi connectivity index (χ0) is 25.0. The Morgan fingerprint density at radius 3 is 2.44 bits per heavy atom. The number of carbonyl (C=O) groups is 2. The lowest BCUT2D eigenvalue weighted by Crippen LogP contribution is -2.29. The number of hydrogen-bond acceptors (Lipinski definition) is 5. The fourth-order valence-electron chi connectivity index (χ4n) is 2.99. The van der Waals surface area contributed by atoms with Crippen LogP contribution in [0.1, 0.15) is 27.2 Å². The van der Waals surface area contributed by atoms with E-state index in [0.29, 0.717) is 5.69 Å². The van der Waals surface area contributed by atoms with E-state index in [9.17, 15) is 22.8 Å². The minimum Gasteiger partial charge on any atom is -0.487 e. The third-order valence-electron chi connectivity index (χ3n) is 4.41. The smallest absolute Gasteiger partial charge is 0.487 e. The third kappa shape index (κ3) is 6.18. The number of aryl methyl sites for hydroxylation is 2. The van der Waals surface area contributed by atoms with Gasteiger partial charge in [0.15, 0.2) is 5.75 Å². The van der Waals surface area contributed by atoms with Crippen molar-refractivity contribution in [1.82, 2.24) is 4.98 Å². The van der Waals surface area contributed by atoms with Crippen molar-refractivity contribution in [1.29, 1.82) is 0 Å². The molecule has 178 valence electrons. The normalized spacial score (nSPS) is 11.1. The number of rotatable bonds is 6. The van der Waals surface area contributed by atoms with Crippen LogP contribution in [0.15, 0.2) is 48.5 Å². The molecule has 0 fully saturated rings. The zero-order valence-electron chi connectivity index (χ0n) is 17.8. The highest BCUT2D eigenvalue weighted by Gasteiger charge is 2.42. The van der Waals surface area contributed by atoms with Gasteiger partial charge in [-0.3, -0.25) is 4.79 Å². The summed E-state index contributed by atoms with van der Waals surface area (Å²) in [5.41, 5.74) is 1.11. The van der Waals surface area contributed by atoms with Crippen LogP contribution in [0, 0.1) is 13.8 Å². The van der Waals surface area contributed by atoms with Crippen LogP contribution in [-0.2, 0) is 11.4 Å². The Bertz CT molecular complexity index is 1230. The molecule has 3 rings (SSSR count). The Morgan fingerprint density at radius 2 is 1.76 bits per heavy atom. The van der Waals surface area contributed by atoms with Gasteiger partial charge in [0.1, 0.15) is 23.2 Å². The standard InChI is InChI=1S/C23H17Cl2F3N2O4/c1-12-9-13(2)29-18(10-12)30-21(31)15-6-3-5-14(20(15)34-22(32)23(26,27)28)11-33-17-8-4-7-16(24)19(17)25/h3-10H,11H2,1-2H3,(H,29,30,31). The van der Waals surface area contributed by atoms with Crippen LogP contribution in [0.25, 0.3) is 0 Å². The molecule has 0 saturated carbocycles. The van der Waals surface area contributed by atoms with Gasteiger partial charge in [-0.1, -0.05) is 41.4 Å². The van der Waals surface area contributed by atoms with Crippen LogP contribution in [0.5, 0.6) is 11.5 Å². The van der Waals surface area contributed by atoms with Gasteiger partial charge in [0.25, 0.3) is 5.91 Å². The quantitative estimate of drug-likeness (QED) is 0.309. The molecule has 0 spiro atoms. The third-order valence-corrected chi connectivity index (χ3v) is 5.21. The molecular formula is C23H17Cl2F3N2O4. The highest BCUT2D eigenvalue weighted by atomic mass is 35.5. The Labute approximate surface area is 202 Å². The topological polar surface area (TPSA) is 77.5 Å². The summed E-state index contributed by atoms with van der Waals surface area (Å²) in [6.07, 6.45) is -5.28. The summed E-state index contributed by atoms with van der Waals surface area (Å²) in [4.78, 5) is 28.7. The van der Waals surface area contributed by atoms with Gasteiger partial charge >= 0.3 is 12.1 Å². The lowest BCUT2D eigenvalue weighted by Gasteiger charge is -2.16. The molecule has 0 aliphatic rings. The van der Waals surface area contributed by atoms with Crippen LogP contribution >= 0.6 is 23.2 Å². The summed E-state index contributed by atoms with van der Waals surface area (Å²) in [7, 11) is 0. The maximum Gasteiger partial charge on any atom is 0.491 e. The fourth-order valence-corrected chi connectivity index (χ4v) is 3.33. The number of esters is 1. The van der Waals surface area contributed by atoms with E-state index in [-0.39, 0.29) is 39.3 Å². The van der Waals surface area contributed by atoms with Crippen LogP contribution < -0.4 is 14.8 Å². The summed E-state index contributed by atoms with van der Waals surface area (Å²) in [5.74, 6) is -3.59. The maximum atomic E-state index is 12.9. The molecule has 0 bridgehead atoms. The van der Waals surface area contributed by atoms with Crippen molar-refractivity contribution in [3.63, 3.8) is 0 Å². The van der Waals surface area contributed by atoms with Gasteiger partial charge in [0.05, 0.1) is 10.6 Å². The number of ether oxygens (including phenoxy) is 2. The number of hydrogen-bond donors (Lipinski definition) is 1. The number of nitrogens with one attached hydrogen (secondary N) is 1. The molecule has 0 unspecified atom stereocenters.